The highest BCUT2D eigenvalue weighted by atomic mass is 16.4. The van der Waals surface area contributed by atoms with Crippen LogP contribution < -0.4 is 10.6 Å². The van der Waals surface area contributed by atoms with Gasteiger partial charge in [0.05, 0.1) is 11.8 Å². The maximum Gasteiger partial charge on any atom is 0.304 e. The second-order valence-electron chi connectivity index (χ2n) is 5.26. The van der Waals surface area contributed by atoms with Crippen molar-refractivity contribution in [2.45, 2.75) is 40.0 Å². The lowest BCUT2D eigenvalue weighted by atomic mass is 9.76. The molecule has 19 heavy (non-hydrogen) atoms. The first-order valence-corrected chi connectivity index (χ1v) is 6.42. The molecule has 0 aromatic rings. The maximum absolute atomic E-state index is 11.6. The minimum absolute atomic E-state index is 0.00463. The molecule has 6 nitrogen and oxygen atoms in total. The lowest BCUT2D eigenvalue weighted by molar-refractivity contribution is -0.144. The predicted octanol–water partition coefficient (Wildman–Crippen LogP) is 0.766. The summed E-state index contributed by atoms with van der Waals surface area (Å²) >= 11 is 0. The van der Waals surface area contributed by atoms with Crippen molar-refractivity contribution >= 4 is 17.8 Å². The summed E-state index contributed by atoms with van der Waals surface area (Å²) in [5.41, 5.74) is -0.653. The van der Waals surface area contributed by atoms with Crippen molar-refractivity contribution in [1.29, 1.82) is 0 Å². The molecule has 1 rings (SSSR count). The number of amides is 2. The lowest BCUT2D eigenvalue weighted by Gasteiger charge is -2.25. The highest BCUT2D eigenvalue weighted by Gasteiger charge is 2.44. The summed E-state index contributed by atoms with van der Waals surface area (Å²) in [6, 6.07) is 0. The first-order valence-electron chi connectivity index (χ1n) is 6.42. The lowest BCUT2D eigenvalue weighted by Crippen LogP contribution is -2.34. The van der Waals surface area contributed by atoms with E-state index in [1.807, 2.05) is 13.8 Å². The van der Waals surface area contributed by atoms with Gasteiger partial charge in [0.2, 0.25) is 11.8 Å². The van der Waals surface area contributed by atoms with E-state index in [1.54, 1.807) is 7.05 Å². The summed E-state index contributed by atoms with van der Waals surface area (Å²) in [5, 5.41) is 13.9. The van der Waals surface area contributed by atoms with E-state index < -0.39 is 11.4 Å². The Bertz CT molecular complexity index is 342. The third kappa shape index (κ3) is 6.22. The van der Waals surface area contributed by atoms with E-state index in [2.05, 4.69) is 10.6 Å². The van der Waals surface area contributed by atoms with Gasteiger partial charge in [-0.1, -0.05) is 13.8 Å². The molecule has 0 aliphatic carbocycles. The number of carbonyl (C=O) groups is 3. The van der Waals surface area contributed by atoms with Crippen LogP contribution in [0.15, 0.2) is 0 Å². The first kappa shape index (κ1) is 17.4. The number of aliphatic carboxylic acids is 1. The number of hydrogen-bond donors (Lipinski definition) is 3. The second kappa shape index (κ2) is 7.76. The van der Waals surface area contributed by atoms with Crippen molar-refractivity contribution in [3.05, 3.63) is 0 Å². The molecule has 0 spiro atoms. The average molecular weight is 272 g/mol. The van der Waals surface area contributed by atoms with Gasteiger partial charge in [-0.3, -0.25) is 14.4 Å². The minimum Gasteiger partial charge on any atom is -0.481 e. The molecule has 1 saturated heterocycles. The van der Waals surface area contributed by atoms with E-state index >= 15 is 0 Å². The number of hydrogen-bond acceptors (Lipinski definition) is 3. The van der Waals surface area contributed by atoms with Crippen LogP contribution in [0.1, 0.15) is 40.0 Å². The van der Waals surface area contributed by atoms with Crippen LogP contribution in [0.5, 0.6) is 0 Å². The molecule has 1 atom stereocenters. The smallest absolute Gasteiger partial charge is 0.304 e. The summed E-state index contributed by atoms with van der Waals surface area (Å²) in [7, 11) is 1.60. The molecule has 1 fully saturated rings. The van der Waals surface area contributed by atoms with Gasteiger partial charge in [-0.05, 0) is 18.8 Å². The SMILES string of the molecule is CC(C)CC1(CC(=O)O)CCNC1=O.CNC(C)=O. The third-order valence-corrected chi connectivity index (χ3v) is 3.01. The maximum atomic E-state index is 11.6. The third-order valence-electron chi connectivity index (χ3n) is 3.01. The molecule has 1 unspecified atom stereocenters. The Balaban J connectivity index is 0.000000555. The second-order valence-corrected chi connectivity index (χ2v) is 5.26. The molecular weight excluding hydrogens is 248 g/mol. The van der Waals surface area contributed by atoms with Gasteiger partial charge in [0.25, 0.3) is 0 Å². The normalized spacial score (nSPS) is 21.4. The quantitative estimate of drug-likeness (QED) is 0.704. The Morgan fingerprint density at radius 2 is 2.00 bits per heavy atom. The van der Waals surface area contributed by atoms with Crippen LogP contribution in [-0.4, -0.2) is 36.5 Å². The molecule has 110 valence electrons. The van der Waals surface area contributed by atoms with E-state index in [4.69, 9.17) is 5.11 Å². The van der Waals surface area contributed by atoms with Gasteiger partial charge in [-0.2, -0.15) is 0 Å². The van der Waals surface area contributed by atoms with E-state index in [0.717, 1.165) is 0 Å². The molecule has 0 aromatic carbocycles. The standard InChI is InChI=1S/C10H17NO3.C3H7NO/c1-7(2)5-10(6-8(12)13)3-4-11-9(10)14;1-3(5)4-2/h7H,3-6H2,1-2H3,(H,11,14)(H,12,13);1-2H3,(H,4,5). The molecule has 0 aromatic heterocycles. The van der Waals surface area contributed by atoms with Gasteiger partial charge < -0.3 is 15.7 Å². The van der Waals surface area contributed by atoms with E-state index in [9.17, 15) is 14.4 Å². The minimum atomic E-state index is -0.886. The van der Waals surface area contributed by atoms with Gasteiger partial charge in [0, 0.05) is 20.5 Å². The number of nitrogens with one attached hydrogen (secondary N) is 2. The van der Waals surface area contributed by atoms with E-state index in [-0.39, 0.29) is 18.2 Å². The molecule has 0 bridgehead atoms. The average Bonchev–Trinajstić information content (AvgIpc) is 2.59. The van der Waals surface area contributed by atoms with Crippen molar-refractivity contribution in [2.24, 2.45) is 11.3 Å². The van der Waals surface area contributed by atoms with Crippen molar-refractivity contribution in [1.82, 2.24) is 10.6 Å². The molecule has 1 heterocycles. The number of carbonyl (C=O) groups excluding carboxylic acids is 2. The summed E-state index contributed by atoms with van der Waals surface area (Å²) in [6.07, 6.45) is 1.26. The molecule has 1 aliphatic rings. The van der Waals surface area contributed by atoms with Crippen LogP contribution in [0.2, 0.25) is 0 Å². The highest BCUT2D eigenvalue weighted by Crippen LogP contribution is 2.37. The van der Waals surface area contributed by atoms with Crippen LogP contribution in [0.3, 0.4) is 0 Å². The number of carboxylic acid groups (broad SMARTS) is 1. The van der Waals surface area contributed by atoms with Crippen LogP contribution in [-0.2, 0) is 14.4 Å². The van der Waals surface area contributed by atoms with Gasteiger partial charge in [-0.25, -0.2) is 0 Å². The van der Waals surface area contributed by atoms with Gasteiger partial charge >= 0.3 is 5.97 Å². The summed E-state index contributed by atoms with van der Waals surface area (Å²) in [4.78, 5) is 32.0. The zero-order chi connectivity index (χ0) is 15.1. The number of rotatable bonds is 4. The summed E-state index contributed by atoms with van der Waals surface area (Å²) in [6.45, 7) is 6.10. The Kier molecular flexibility index (Phi) is 7.11. The monoisotopic (exact) mass is 272 g/mol. The van der Waals surface area contributed by atoms with Crippen LogP contribution in [0.4, 0.5) is 0 Å². The summed E-state index contributed by atoms with van der Waals surface area (Å²) < 4.78 is 0. The van der Waals surface area contributed by atoms with E-state index in [0.29, 0.717) is 25.3 Å². The van der Waals surface area contributed by atoms with Crippen molar-refractivity contribution in [3.63, 3.8) is 0 Å². The Morgan fingerprint density at radius 1 is 1.47 bits per heavy atom. The molecule has 6 heteroatoms. The fourth-order valence-electron chi connectivity index (χ4n) is 2.22. The van der Waals surface area contributed by atoms with Crippen LogP contribution in [0, 0.1) is 11.3 Å². The topological polar surface area (TPSA) is 95.5 Å². The van der Waals surface area contributed by atoms with Crippen LogP contribution in [0.25, 0.3) is 0 Å². The zero-order valence-corrected chi connectivity index (χ0v) is 12.1. The summed E-state index contributed by atoms with van der Waals surface area (Å²) in [5.74, 6) is -0.625. The highest BCUT2D eigenvalue weighted by molar-refractivity contribution is 5.88. The largest absolute Gasteiger partial charge is 0.481 e. The van der Waals surface area contributed by atoms with E-state index in [1.165, 1.54) is 6.92 Å². The molecule has 1 aliphatic heterocycles. The fourth-order valence-corrected chi connectivity index (χ4v) is 2.22. The van der Waals surface area contributed by atoms with Gasteiger partial charge in [-0.15, -0.1) is 0 Å². The molecule has 0 radical (unpaired) electrons. The van der Waals surface area contributed by atoms with Gasteiger partial charge in [0.15, 0.2) is 0 Å². The zero-order valence-electron chi connectivity index (χ0n) is 12.1. The van der Waals surface area contributed by atoms with Gasteiger partial charge in [0.1, 0.15) is 0 Å². The molecular formula is C13H24N2O4. The molecule has 3 N–H and O–H groups in total. The first-order chi connectivity index (χ1) is 8.73. The Labute approximate surface area is 113 Å². The van der Waals surface area contributed by atoms with Crippen molar-refractivity contribution in [3.8, 4) is 0 Å². The predicted molar refractivity (Wildman–Crippen MR) is 71.5 cm³/mol. The number of carboxylic acids is 1. The Morgan fingerprint density at radius 3 is 2.26 bits per heavy atom. The Hall–Kier alpha value is -1.59. The fraction of sp³-hybridized carbons (Fsp3) is 0.769. The molecule has 2 amide bonds. The molecule has 0 saturated carbocycles. The van der Waals surface area contributed by atoms with Crippen molar-refractivity contribution < 1.29 is 19.5 Å². The van der Waals surface area contributed by atoms with Crippen molar-refractivity contribution in [2.75, 3.05) is 13.6 Å². The van der Waals surface area contributed by atoms with Crippen LogP contribution >= 0.6 is 0 Å².